The average Bonchev–Trinajstić information content (AvgIpc) is 2.66. The SMILES string of the molecule is C=C(/C=C/c1ccccc1)[C@](C)(NS(=O)(=O)c1ccc(C)cc1)C(=O)OC. The summed E-state index contributed by atoms with van der Waals surface area (Å²) in [6, 6.07) is 15.8. The number of aryl methyl sites for hydroxylation is 1. The first kappa shape index (κ1) is 20.6. The fourth-order valence-electron chi connectivity index (χ4n) is 2.42. The van der Waals surface area contributed by atoms with Gasteiger partial charge in [-0.05, 0) is 37.1 Å². The van der Waals surface area contributed by atoms with Gasteiger partial charge < -0.3 is 4.74 Å². The number of ether oxygens (including phenoxy) is 1. The maximum atomic E-state index is 12.8. The normalized spacial score (nSPS) is 13.9. The Morgan fingerprint density at radius 1 is 1.11 bits per heavy atom. The van der Waals surface area contributed by atoms with E-state index in [2.05, 4.69) is 11.3 Å². The largest absolute Gasteiger partial charge is 0.467 e. The maximum absolute atomic E-state index is 12.8. The van der Waals surface area contributed by atoms with E-state index < -0.39 is 21.5 Å². The summed E-state index contributed by atoms with van der Waals surface area (Å²) in [7, 11) is -2.76. The topological polar surface area (TPSA) is 72.5 Å². The van der Waals surface area contributed by atoms with Crippen LogP contribution in [0.25, 0.3) is 6.08 Å². The number of esters is 1. The second kappa shape index (κ2) is 8.33. The molecule has 0 fully saturated rings. The molecule has 2 rings (SSSR count). The molecular formula is C21H23NO4S. The Kier molecular flexibility index (Phi) is 6.36. The van der Waals surface area contributed by atoms with E-state index >= 15 is 0 Å². The lowest BCUT2D eigenvalue weighted by molar-refractivity contribution is -0.145. The molecular weight excluding hydrogens is 362 g/mol. The van der Waals surface area contributed by atoms with Gasteiger partial charge in [-0.1, -0.05) is 66.8 Å². The molecule has 0 heterocycles. The van der Waals surface area contributed by atoms with Crippen molar-refractivity contribution in [3.8, 4) is 0 Å². The highest BCUT2D eigenvalue weighted by Crippen LogP contribution is 2.23. The monoisotopic (exact) mass is 385 g/mol. The average molecular weight is 385 g/mol. The molecule has 0 aromatic heterocycles. The number of rotatable bonds is 7. The summed E-state index contributed by atoms with van der Waals surface area (Å²) in [6.07, 6.45) is 3.35. The molecule has 5 nitrogen and oxygen atoms in total. The van der Waals surface area contributed by atoms with Crippen LogP contribution in [0.5, 0.6) is 0 Å². The van der Waals surface area contributed by atoms with Crippen LogP contribution in [-0.2, 0) is 19.6 Å². The molecule has 0 amide bonds. The standard InChI is InChI=1S/C21H23NO4S/c1-16-10-14-19(15-11-16)27(24,25)22-21(3,20(23)26-4)17(2)12-13-18-8-6-5-7-9-18/h5-15,22H,2H2,1,3-4H3/b13-12+/t21-/m0/s1. The van der Waals surface area contributed by atoms with E-state index in [0.717, 1.165) is 11.1 Å². The molecule has 142 valence electrons. The van der Waals surface area contributed by atoms with Gasteiger partial charge in [0.15, 0.2) is 5.54 Å². The molecule has 0 aliphatic carbocycles. The zero-order chi connectivity index (χ0) is 20.1. The molecule has 0 unspecified atom stereocenters. The quantitative estimate of drug-likeness (QED) is 0.585. The van der Waals surface area contributed by atoms with E-state index in [1.54, 1.807) is 24.3 Å². The van der Waals surface area contributed by atoms with Gasteiger partial charge in [-0.2, -0.15) is 4.72 Å². The van der Waals surface area contributed by atoms with Crippen molar-refractivity contribution in [3.05, 3.63) is 84.0 Å². The summed E-state index contributed by atoms with van der Waals surface area (Å²) in [4.78, 5) is 12.5. The van der Waals surface area contributed by atoms with Gasteiger partial charge in [0.05, 0.1) is 12.0 Å². The molecule has 0 bridgehead atoms. The van der Waals surface area contributed by atoms with Crippen LogP contribution < -0.4 is 4.72 Å². The van der Waals surface area contributed by atoms with Crippen LogP contribution in [0.3, 0.4) is 0 Å². The van der Waals surface area contributed by atoms with E-state index in [-0.39, 0.29) is 10.5 Å². The zero-order valence-corrected chi connectivity index (χ0v) is 16.4. The molecule has 0 saturated heterocycles. The van der Waals surface area contributed by atoms with Gasteiger partial charge in [-0.25, -0.2) is 13.2 Å². The van der Waals surface area contributed by atoms with Crippen LogP contribution in [0, 0.1) is 6.92 Å². The lowest BCUT2D eigenvalue weighted by Crippen LogP contribution is -2.53. The first-order valence-corrected chi connectivity index (χ1v) is 9.79. The Bertz CT molecular complexity index is 947. The first-order valence-electron chi connectivity index (χ1n) is 8.30. The lowest BCUT2D eigenvalue weighted by atomic mass is 9.93. The molecule has 2 aromatic rings. The third-order valence-corrected chi connectivity index (χ3v) is 5.75. The molecule has 0 radical (unpaired) electrons. The predicted octanol–water partition coefficient (Wildman–Crippen LogP) is 3.47. The van der Waals surface area contributed by atoms with Crippen molar-refractivity contribution in [1.29, 1.82) is 0 Å². The second-order valence-corrected chi connectivity index (χ2v) is 7.99. The highest BCUT2D eigenvalue weighted by molar-refractivity contribution is 7.89. The smallest absolute Gasteiger partial charge is 0.331 e. The number of carbonyl (C=O) groups is 1. The van der Waals surface area contributed by atoms with Gasteiger partial charge >= 0.3 is 5.97 Å². The summed E-state index contributed by atoms with van der Waals surface area (Å²) in [5, 5.41) is 0. The van der Waals surface area contributed by atoms with Gasteiger partial charge in [0, 0.05) is 0 Å². The molecule has 0 spiro atoms. The molecule has 0 saturated carbocycles. The van der Waals surface area contributed by atoms with Crippen molar-refractivity contribution in [2.45, 2.75) is 24.3 Å². The minimum Gasteiger partial charge on any atom is -0.467 e. The van der Waals surface area contributed by atoms with E-state index in [1.165, 1.54) is 26.2 Å². The molecule has 2 aromatic carbocycles. The summed E-state index contributed by atoms with van der Waals surface area (Å²) in [5.41, 5.74) is 0.435. The van der Waals surface area contributed by atoms with Crippen LogP contribution in [0.2, 0.25) is 0 Å². The third-order valence-electron chi connectivity index (χ3n) is 4.18. The van der Waals surface area contributed by atoms with Crippen LogP contribution in [-0.4, -0.2) is 27.0 Å². The number of carbonyl (C=O) groups excluding carboxylic acids is 1. The Hall–Kier alpha value is -2.70. The highest BCUT2D eigenvalue weighted by atomic mass is 32.2. The predicted molar refractivity (Wildman–Crippen MR) is 107 cm³/mol. The van der Waals surface area contributed by atoms with Crippen molar-refractivity contribution in [2.75, 3.05) is 7.11 Å². The Labute approximate surface area is 160 Å². The van der Waals surface area contributed by atoms with Crippen LogP contribution in [0.15, 0.2) is 77.7 Å². The number of hydrogen-bond donors (Lipinski definition) is 1. The molecule has 0 aliphatic heterocycles. The summed E-state index contributed by atoms with van der Waals surface area (Å²) in [6.45, 7) is 7.18. The van der Waals surface area contributed by atoms with Crippen molar-refractivity contribution in [2.24, 2.45) is 0 Å². The van der Waals surface area contributed by atoms with Crippen LogP contribution in [0.4, 0.5) is 0 Å². The van der Waals surface area contributed by atoms with Gasteiger partial charge in [-0.3, -0.25) is 0 Å². The Morgan fingerprint density at radius 2 is 1.70 bits per heavy atom. The van der Waals surface area contributed by atoms with Crippen LogP contribution >= 0.6 is 0 Å². The van der Waals surface area contributed by atoms with Crippen molar-refractivity contribution < 1.29 is 17.9 Å². The van der Waals surface area contributed by atoms with E-state index in [0.29, 0.717) is 0 Å². The molecule has 27 heavy (non-hydrogen) atoms. The number of hydrogen-bond acceptors (Lipinski definition) is 4. The molecule has 1 N–H and O–H groups in total. The van der Waals surface area contributed by atoms with E-state index in [1.807, 2.05) is 37.3 Å². The number of sulfonamides is 1. The van der Waals surface area contributed by atoms with Crippen molar-refractivity contribution in [3.63, 3.8) is 0 Å². The van der Waals surface area contributed by atoms with Crippen LogP contribution in [0.1, 0.15) is 18.1 Å². The van der Waals surface area contributed by atoms with Crippen molar-refractivity contribution >= 4 is 22.1 Å². The fraction of sp³-hybridized carbons (Fsp3) is 0.190. The van der Waals surface area contributed by atoms with Gasteiger partial charge in [0.25, 0.3) is 0 Å². The summed E-state index contributed by atoms with van der Waals surface area (Å²) < 4.78 is 32.8. The van der Waals surface area contributed by atoms with Gasteiger partial charge in [0.1, 0.15) is 0 Å². The number of methoxy groups -OCH3 is 1. The lowest BCUT2D eigenvalue weighted by Gasteiger charge is -2.28. The number of nitrogens with one attached hydrogen (secondary N) is 1. The molecule has 0 aliphatic rings. The third kappa shape index (κ3) is 4.93. The zero-order valence-electron chi connectivity index (χ0n) is 15.6. The Balaban J connectivity index is 2.35. The minimum absolute atomic E-state index is 0.0584. The Morgan fingerprint density at radius 3 is 2.26 bits per heavy atom. The van der Waals surface area contributed by atoms with Gasteiger partial charge in [0.2, 0.25) is 10.0 Å². The first-order chi connectivity index (χ1) is 12.7. The number of benzene rings is 2. The molecule has 6 heteroatoms. The minimum atomic E-state index is -3.96. The second-order valence-electron chi connectivity index (χ2n) is 6.30. The summed E-state index contributed by atoms with van der Waals surface area (Å²) in [5.74, 6) is -0.749. The highest BCUT2D eigenvalue weighted by Gasteiger charge is 2.40. The fourth-order valence-corrected chi connectivity index (χ4v) is 3.78. The van der Waals surface area contributed by atoms with Gasteiger partial charge in [-0.15, -0.1) is 0 Å². The molecule has 1 atom stereocenters. The maximum Gasteiger partial charge on any atom is 0.331 e. The van der Waals surface area contributed by atoms with Crippen molar-refractivity contribution in [1.82, 2.24) is 4.72 Å². The van der Waals surface area contributed by atoms with E-state index in [4.69, 9.17) is 4.74 Å². The summed E-state index contributed by atoms with van der Waals surface area (Å²) >= 11 is 0. The van der Waals surface area contributed by atoms with E-state index in [9.17, 15) is 13.2 Å².